The lowest BCUT2D eigenvalue weighted by Crippen LogP contribution is -1.99. The fraction of sp³-hybridized carbons (Fsp3) is 0.100. The molecule has 82 valence electrons. The van der Waals surface area contributed by atoms with Gasteiger partial charge in [0, 0.05) is 6.07 Å². The van der Waals surface area contributed by atoms with Gasteiger partial charge in [0.2, 0.25) is 0 Å². The molecule has 1 aromatic carbocycles. The van der Waals surface area contributed by atoms with Crippen LogP contribution in [0, 0.1) is 11.3 Å². The molecule has 0 spiro atoms. The lowest BCUT2D eigenvalue weighted by atomic mass is 10.2. The van der Waals surface area contributed by atoms with Gasteiger partial charge < -0.3 is 9.84 Å². The Morgan fingerprint density at radius 1 is 1.69 bits per heavy atom. The van der Waals surface area contributed by atoms with Crippen molar-refractivity contribution in [3.8, 4) is 11.8 Å². The molecule has 0 atom stereocenters. The molecular formula is C10H9N3O3. The van der Waals surface area contributed by atoms with Gasteiger partial charge in [-0.15, -0.1) is 0 Å². The lowest BCUT2D eigenvalue weighted by molar-refractivity contribution is -0.128. The van der Waals surface area contributed by atoms with Gasteiger partial charge in [-0.2, -0.15) is 10.4 Å². The van der Waals surface area contributed by atoms with Gasteiger partial charge >= 0.3 is 5.97 Å². The molecule has 0 aliphatic carbocycles. The second kappa shape index (κ2) is 5.36. The zero-order valence-electron chi connectivity index (χ0n) is 8.47. The third-order valence-electron chi connectivity index (χ3n) is 1.69. The SMILES string of the molecule is COc1cc(N/N=C/C(=O)O)ccc1C#N. The Morgan fingerprint density at radius 2 is 2.44 bits per heavy atom. The number of hydrogen-bond acceptors (Lipinski definition) is 5. The quantitative estimate of drug-likeness (QED) is 0.583. The van der Waals surface area contributed by atoms with Crippen LogP contribution in [0.3, 0.4) is 0 Å². The van der Waals surface area contributed by atoms with Gasteiger partial charge in [-0.05, 0) is 12.1 Å². The highest BCUT2D eigenvalue weighted by Crippen LogP contribution is 2.22. The summed E-state index contributed by atoms with van der Waals surface area (Å²) in [7, 11) is 1.44. The fourth-order valence-electron chi connectivity index (χ4n) is 1.02. The van der Waals surface area contributed by atoms with Crippen LogP contribution in [-0.4, -0.2) is 24.4 Å². The van der Waals surface area contributed by atoms with E-state index in [0.717, 1.165) is 6.21 Å². The molecule has 1 rings (SSSR count). The van der Waals surface area contributed by atoms with Gasteiger partial charge in [0.1, 0.15) is 18.0 Å². The van der Waals surface area contributed by atoms with Crippen LogP contribution >= 0.6 is 0 Å². The first-order chi connectivity index (χ1) is 7.67. The summed E-state index contributed by atoms with van der Waals surface area (Å²) in [5.74, 6) is -0.744. The van der Waals surface area contributed by atoms with Crippen LogP contribution in [0.2, 0.25) is 0 Å². The normalized spacial score (nSPS) is 9.75. The second-order valence-corrected chi connectivity index (χ2v) is 2.74. The van der Waals surface area contributed by atoms with Gasteiger partial charge in [0.05, 0.1) is 18.4 Å². The van der Waals surface area contributed by atoms with Crippen LogP contribution in [0.25, 0.3) is 0 Å². The molecule has 0 heterocycles. The number of carbonyl (C=O) groups is 1. The van der Waals surface area contributed by atoms with Crippen molar-refractivity contribution < 1.29 is 14.6 Å². The van der Waals surface area contributed by atoms with E-state index in [1.165, 1.54) is 7.11 Å². The van der Waals surface area contributed by atoms with E-state index in [2.05, 4.69) is 10.5 Å². The highest BCUT2D eigenvalue weighted by molar-refractivity contribution is 6.22. The summed E-state index contributed by atoms with van der Waals surface area (Å²) in [5, 5.41) is 20.5. The number of anilines is 1. The summed E-state index contributed by atoms with van der Waals surface area (Å²) in [6.45, 7) is 0. The highest BCUT2D eigenvalue weighted by atomic mass is 16.5. The van der Waals surface area contributed by atoms with Gasteiger partial charge in [-0.1, -0.05) is 0 Å². The number of nitrogens with one attached hydrogen (secondary N) is 1. The molecule has 0 radical (unpaired) electrons. The fourth-order valence-corrected chi connectivity index (χ4v) is 1.02. The number of nitrogens with zero attached hydrogens (tertiary/aromatic N) is 2. The average molecular weight is 219 g/mol. The molecular weight excluding hydrogens is 210 g/mol. The Labute approximate surface area is 91.8 Å². The number of carboxylic acid groups (broad SMARTS) is 1. The molecule has 0 saturated carbocycles. The number of nitriles is 1. The number of benzene rings is 1. The smallest absolute Gasteiger partial charge is 0.348 e. The van der Waals surface area contributed by atoms with Crippen molar-refractivity contribution in [2.24, 2.45) is 5.10 Å². The van der Waals surface area contributed by atoms with E-state index in [1.54, 1.807) is 18.2 Å². The summed E-state index contributed by atoms with van der Waals surface area (Å²) in [4.78, 5) is 10.2. The van der Waals surface area contributed by atoms with Crippen LogP contribution in [0.4, 0.5) is 5.69 Å². The Hall–Kier alpha value is -2.55. The molecule has 0 saturated heterocycles. The van der Waals surface area contributed by atoms with Crippen molar-refractivity contribution >= 4 is 17.9 Å². The van der Waals surface area contributed by atoms with Crippen LogP contribution in [-0.2, 0) is 4.79 Å². The summed E-state index contributed by atoms with van der Waals surface area (Å²) < 4.78 is 4.97. The van der Waals surface area contributed by atoms with Gasteiger partial charge in [-0.3, -0.25) is 5.43 Å². The predicted octanol–water partition coefficient (Wildman–Crippen LogP) is 1.05. The summed E-state index contributed by atoms with van der Waals surface area (Å²) in [6, 6.07) is 6.67. The minimum absolute atomic E-state index is 0.398. The summed E-state index contributed by atoms with van der Waals surface area (Å²) >= 11 is 0. The van der Waals surface area contributed by atoms with Crippen molar-refractivity contribution in [3.63, 3.8) is 0 Å². The third kappa shape index (κ3) is 2.99. The first kappa shape index (κ1) is 11.5. The third-order valence-corrected chi connectivity index (χ3v) is 1.69. The molecule has 6 heteroatoms. The number of rotatable bonds is 4. The Bertz CT molecular complexity index is 463. The van der Waals surface area contributed by atoms with Crippen molar-refractivity contribution in [1.29, 1.82) is 5.26 Å². The summed E-state index contributed by atoms with van der Waals surface area (Å²) in [5.41, 5.74) is 3.44. The van der Waals surface area contributed by atoms with Crippen LogP contribution in [0.5, 0.6) is 5.75 Å². The van der Waals surface area contributed by atoms with Crippen LogP contribution < -0.4 is 10.2 Å². The Morgan fingerprint density at radius 3 is 3.00 bits per heavy atom. The zero-order valence-corrected chi connectivity index (χ0v) is 8.47. The maximum Gasteiger partial charge on any atom is 0.348 e. The van der Waals surface area contributed by atoms with Gasteiger partial charge in [0.25, 0.3) is 0 Å². The molecule has 0 aromatic heterocycles. The van der Waals surface area contributed by atoms with Crippen molar-refractivity contribution in [3.05, 3.63) is 23.8 Å². The number of hydrazone groups is 1. The van der Waals surface area contributed by atoms with E-state index in [1.807, 2.05) is 6.07 Å². The highest BCUT2D eigenvalue weighted by Gasteiger charge is 2.02. The van der Waals surface area contributed by atoms with Crippen LogP contribution in [0.15, 0.2) is 23.3 Å². The maximum absolute atomic E-state index is 10.2. The maximum atomic E-state index is 10.2. The largest absolute Gasteiger partial charge is 0.495 e. The molecule has 6 nitrogen and oxygen atoms in total. The molecule has 16 heavy (non-hydrogen) atoms. The van der Waals surface area contributed by atoms with E-state index in [9.17, 15) is 4.79 Å². The molecule has 0 aliphatic heterocycles. The second-order valence-electron chi connectivity index (χ2n) is 2.74. The van der Waals surface area contributed by atoms with Crippen molar-refractivity contribution in [1.82, 2.24) is 0 Å². The molecule has 0 aliphatic rings. The Balaban J connectivity index is 2.84. The molecule has 0 bridgehead atoms. The topological polar surface area (TPSA) is 94.7 Å². The monoisotopic (exact) mass is 219 g/mol. The van der Waals surface area contributed by atoms with Gasteiger partial charge in [-0.25, -0.2) is 4.79 Å². The lowest BCUT2D eigenvalue weighted by Gasteiger charge is -2.05. The number of methoxy groups -OCH3 is 1. The molecule has 0 amide bonds. The minimum Gasteiger partial charge on any atom is -0.495 e. The van der Waals surface area contributed by atoms with E-state index < -0.39 is 5.97 Å². The first-order valence-corrected chi connectivity index (χ1v) is 4.27. The van der Waals surface area contributed by atoms with Gasteiger partial charge in [0.15, 0.2) is 0 Å². The van der Waals surface area contributed by atoms with Crippen LogP contribution in [0.1, 0.15) is 5.56 Å². The van der Waals surface area contributed by atoms with E-state index >= 15 is 0 Å². The van der Waals surface area contributed by atoms with Crippen molar-refractivity contribution in [2.45, 2.75) is 0 Å². The molecule has 0 unspecified atom stereocenters. The standard InChI is InChI=1S/C10H9N3O3/c1-16-9-4-8(3-2-7(9)5-11)13-12-6-10(14)15/h2-4,6,13H,1H3,(H,14,15)/b12-6+. The number of hydrogen-bond donors (Lipinski definition) is 2. The Kier molecular flexibility index (Phi) is 3.86. The molecule has 2 N–H and O–H groups in total. The average Bonchev–Trinajstić information content (AvgIpc) is 2.28. The zero-order chi connectivity index (χ0) is 12.0. The molecule has 0 fully saturated rings. The van der Waals surface area contributed by atoms with E-state index in [-0.39, 0.29) is 0 Å². The number of carboxylic acids is 1. The van der Waals surface area contributed by atoms with E-state index in [0.29, 0.717) is 17.0 Å². The minimum atomic E-state index is -1.15. The van der Waals surface area contributed by atoms with Crippen molar-refractivity contribution in [2.75, 3.05) is 12.5 Å². The number of aliphatic carboxylic acids is 1. The molecule has 1 aromatic rings. The number of ether oxygens (including phenoxy) is 1. The van der Waals surface area contributed by atoms with E-state index in [4.69, 9.17) is 15.1 Å². The summed E-state index contributed by atoms with van der Waals surface area (Å²) in [6.07, 6.45) is 0.727. The first-order valence-electron chi connectivity index (χ1n) is 4.27. The predicted molar refractivity (Wildman–Crippen MR) is 57.5 cm³/mol.